The highest BCUT2D eigenvalue weighted by atomic mass is 16.4. The van der Waals surface area contributed by atoms with Gasteiger partial charge in [-0.05, 0) is 42.8 Å². The molecular weight excluding hydrogens is 312 g/mol. The summed E-state index contributed by atoms with van der Waals surface area (Å²) in [4.78, 5) is 36.5. The molecule has 7 heteroatoms. The number of aliphatic carboxylic acids is 1. The van der Waals surface area contributed by atoms with E-state index in [2.05, 4.69) is 5.32 Å². The number of benzene rings is 1. The van der Waals surface area contributed by atoms with E-state index in [1.165, 1.54) is 11.2 Å². The fourth-order valence-electron chi connectivity index (χ4n) is 2.67. The Bertz CT molecular complexity index is 797. The Morgan fingerprint density at radius 3 is 2.71 bits per heavy atom. The second-order valence-electron chi connectivity index (χ2n) is 5.67. The highest BCUT2D eigenvalue weighted by Crippen LogP contribution is 2.28. The van der Waals surface area contributed by atoms with Crippen molar-refractivity contribution in [2.75, 3.05) is 16.8 Å². The van der Waals surface area contributed by atoms with Gasteiger partial charge in [-0.25, -0.2) is 0 Å². The molecule has 0 unspecified atom stereocenters. The number of carbonyl (C=O) groups is 3. The van der Waals surface area contributed by atoms with Crippen LogP contribution in [-0.4, -0.2) is 29.4 Å². The third-order valence-corrected chi connectivity index (χ3v) is 3.99. The smallest absolute Gasteiger partial charge is 0.308 e. The summed E-state index contributed by atoms with van der Waals surface area (Å²) in [5, 5.41) is 11.8. The van der Waals surface area contributed by atoms with E-state index in [4.69, 9.17) is 9.52 Å². The molecule has 3 rings (SSSR count). The predicted molar refractivity (Wildman–Crippen MR) is 85.9 cm³/mol. The van der Waals surface area contributed by atoms with Crippen LogP contribution < -0.4 is 10.2 Å². The van der Waals surface area contributed by atoms with Gasteiger partial charge >= 0.3 is 5.97 Å². The van der Waals surface area contributed by atoms with E-state index in [-0.39, 0.29) is 30.5 Å². The number of carboxylic acid groups (broad SMARTS) is 1. The molecule has 1 aliphatic heterocycles. The first-order valence-corrected chi connectivity index (χ1v) is 7.44. The second-order valence-corrected chi connectivity index (χ2v) is 5.67. The van der Waals surface area contributed by atoms with Gasteiger partial charge in [-0.2, -0.15) is 0 Å². The summed E-state index contributed by atoms with van der Waals surface area (Å²) >= 11 is 0. The quantitative estimate of drug-likeness (QED) is 0.897. The van der Waals surface area contributed by atoms with E-state index in [0.29, 0.717) is 11.4 Å². The molecule has 2 N–H and O–H groups in total. The fraction of sp³-hybridized carbons (Fsp3) is 0.235. The van der Waals surface area contributed by atoms with Crippen molar-refractivity contribution in [1.29, 1.82) is 0 Å². The van der Waals surface area contributed by atoms with Gasteiger partial charge < -0.3 is 19.7 Å². The summed E-state index contributed by atoms with van der Waals surface area (Å²) in [5.74, 6) is -2.02. The Kier molecular flexibility index (Phi) is 4.07. The Morgan fingerprint density at radius 1 is 1.33 bits per heavy atom. The van der Waals surface area contributed by atoms with Crippen LogP contribution in [0.5, 0.6) is 0 Å². The van der Waals surface area contributed by atoms with Crippen molar-refractivity contribution in [1.82, 2.24) is 0 Å². The molecule has 1 atom stereocenters. The third-order valence-electron chi connectivity index (χ3n) is 3.99. The van der Waals surface area contributed by atoms with Crippen LogP contribution in [0.1, 0.15) is 22.5 Å². The lowest BCUT2D eigenvalue weighted by molar-refractivity contribution is -0.141. The number of hydrogen-bond donors (Lipinski definition) is 2. The van der Waals surface area contributed by atoms with E-state index in [1.54, 1.807) is 37.3 Å². The number of hydrogen-bond acceptors (Lipinski definition) is 4. The number of anilines is 2. The number of furan rings is 1. The Labute approximate surface area is 137 Å². The molecule has 1 aliphatic rings. The van der Waals surface area contributed by atoms with Crippen LogP contribution in [0.25, 0.3) is 0 Å². The van der Waals surface area contributed by atoms with Crippen molar-refractivity contribution in [2.45, 2.75) is 13.3 Å². The van der Waals surface area contributed by atoms with Crippen LogP contribution in [0.2, 0.25) is 0 Å². The average Bonchev–Trinajstić information content (AvgIpc) is 3.18. The summed E-state index contributed by atoms with van der Waals surface area (Å²) in [7, 11) is 0. The molecule has 1 saturated heterocycles. The molecule has 2 aromatic rings. The standard InChI is InChI=1S/C17H16N2O5/c1-10-7-12(19-9-11(17(22)23)8-15(19)20)4-5-13(10)18-16(21)14-3-2-6-24-14/h2-7,11H,8-9H2,1H3,(H,18,21)(H,22,23)/t11-/m0/s1. The summed E-state index contributed by atoms with van der Waals surface area (Å²) < 4.78 is 5.04. The van der Waals surface area contributed by atoms with E-state index < -0.39 is 11.9 Å². The number of aryl methyl sites for hydroxylation is 1. The highest BCUT2D eigenvalue weighted by molar-refractivity contribution is 6.03. The van der Waals surface area contributed by atoms with Crippen LogP contribution in [0.15, 0.2) is 41.0 Å². The Morgan fingerprint density at radius 2 is 2.12 bits per heavy atom. The van der Waals surface area contributed by atoms with Crippen LogP contribution in [0, 0.1) is 12.8 Å². The SMILES string of the molecule is Cc1cc(N2C[C@@H](C(=O)O)CC2=O)ccc1NC(=O)c1ccco1. The predicted octanol–water partition coefficient (Wildman–Crippen LogP) is 2.28. The van der Waals surface area contributed by atoms with Crippen LogP contribution in [0.4, 0.5) is 11.4 Å². The van der Waals surface area contributed by atoms with Crippen molar-refractivity contribution in [3.05, 3.63) is 47.9 Å². The molecule has 0 spiro atoms. The molecule has 0 bridgehead atoms. The first kappa shape index (κ1) is 15.8. The van der Waals surface area contributed by atoms with Gasteiger partial charge in [0.25, 0.3) is 5.91 Å². The molecule has 0 saturated carbocycles. The van der Waals surface area contributed by atoms with E-state index in [0.717, 1.165) is 5.56 Å². The van der Waals surface area contributed by atoms with Crippen LogP contribution >= 0.6 is 0 Å². The molecular formula is C17H16N2O5. The molecule has 7 nitrogen and oxygen atoms in total. The first-order valence-electron chi connectivity index (χ1n) is 7.44. The molecule has 0 aliphatic carbocycles. The molecule has 124 valence electrons. The molecule has 1 aromatic heterocycles. The van der Waals surface area contributed by atoms with Gasteiger partial charge in [-0.15, -0.1) is 0 Å². The minimum Gasteiger partial charge on any atom is -0.481 e. The lowest BCUT2D eigenvalue weighted by Gasteiger charge is -2.18. The minimum absolute atomic E-state index is 0.00532. The maximum Gasteiger partial charge on any atom is 0.308 e. The van der Waals surface area contributed by atoms with E-state index >= 15 is 0 Å². The summed E-state index contributed by atoms with van der Waals surface area (Å²) in [6.07, 6.45) is 1.42. The number of carboxylic acids is 1. The number of rotatable bonds is 4. The minimum atomic E-state index is -0.968. The fourth-order valence-corrected chi connectivity index (χ4v) is 2.67. The van der Waals surface area contributed by atoms with Crippen molar-refractivity contribution in [3.8, 4) is 0 Å². The van der Waals surface area contributed by atoms with Gasteiger partial charge in [0.15, 0.2) is 5.76 Å². The second kappa shape index (κ2) is 6.19. The molecule has 1 fully saturated rings. The van der Waals surface area contributed by atoms with Gasteiger partial charge in [-0.3, -0.25) is 14.4 Å². The average molecular weight is 328 g/mol. The van der Waals surface area contributed by atoms with Crippen molar-refractivity contribution in [2.24, 2.45) is 5.92 Å². The number of nitrogens with one attached hydrogen (secondary N) is 1. The molecule has 0 radical (unpaired) electrons. The maximum atomic E-state index is 12.0. The normalized spacial score (nSPS) is 17.1. The van der Waals surface area contributed by atoms with Crippen LogP contribution in [-0.2, 0) is 9.59 Å². The van der Waals surface area contributed by atoms with Gasteiger partial charge in [-0.1, -0.05) is 0 Å². The third kappa shape index (κ3) is 3.01. The first-order chi connectivity index (χ1) is 11.5. The molecule has 1 aromatic carbocycles. The monoisotopic (exact) mass is 328 g/mol. The summed E-state index contributed by atoms with van der Waals surface area (Å²) in [5.41, 5.74) is 1.98. The Balaban J connectivity index is 1.77. The molecule has 24 heavy (non-hydrogen) atoms. The largest absolute Gasteiger partial charge is 0.481 e. The zero-order valence-electron chi connectivity index (χ0n) is 13.0. The highest BCUT2D eigenvalue weighted by Gasteiger charge is 2.35. The van der Waals surface area contributed by atoms with E-state index in [9.17, 15) is 14.4 Å². The van der Waals surface area contributed by atoms with Gasteiger partial charge in [0.05, 0.1) is 12.2 Å². The lowest BCUT2D eigenvalue weighted by atomic mass is 10.1. The van der Waals surface area contributed by atoms with Crippen molar-refractivity contribution >= 4 is 29.2 Å². The zero-order valence-corrected chi connectivity index (χ0v) is 13.0. The summed E-state index contributed by atoms with van der Waals surface area (Å²) in [6.45, 7) is 1.96. The Hall–Kier alpha value is -3.09. The van der Waals surface area contributed by atoms with Gasteiger partial charge in [0.2, 0.25) is 5.91 Å². The van der Waals surface area contributed by atoms with Gasteiger partial charge in [0.1, 0.15) is 0 Å². The topological polar surface area (TPSA) is 99.9 Å². The van der Waals surface area contributed by atoms with E-state index in [1.807, 2.05) is 0 Å². The van der Waals surface area contributed by atoms with Crippen LogP contribution in [0.3, 0.4) is 0 Å². The van der Waals surface area contributed by atoms with Gasteiger partial charge in [0, 0.05) is 24.3 Å². The number of carbonyl (C=O) groups excluding carboxylic acids is 2. The molecule has 2 heterocycles. The number of nitrogens with zero attached hydrogens (tertiary/aromatic N) is 1. The zero-order chi connectivity index (χ0) is 17.3. The lowest BCUT2D eigenvalue weighted by Crippen LogP contribution is -2.25. The molecule has 2 amide bonds. The maximum absolute atomic E-state index is 12.0. The summed E-state index contributed by atoms with van der Waals surface area (Å²) in [6, 6.07) is 8.32. The van der Waals surface area contributed by atoms with Crippen molar-refractivity contribution < 1.29 is 23.9 Å². The van der Waals surface area contributed by atoms with Crippen molar-refractivity contribution in [3.63, 3.8) is 0 Å². The number of amides is 2.